The molecule has 0 radical (unpaired) electrons. The molecule has 2 aliphatic heterocycles. The van der Waals surface area contributed by atoms with Gasteiger partial charge in [-0.2, -0.15) is 0 Å². The summed E-state index contributed by atoms with van der Waals surface area (Å²) in [5, 5.41) is 0. The molecule has 0 N–H and O–H groups in total. The Hall–Kier alpha value is -2.75. The Morgan fingerprint density at radius 2 is 1.71 bits per heavy atom. The van der Waals surface area contributed by atoms with Crippen LogP contribution < -0.4 is 9.47 Å². The van der Waals surface area contributed by atoms with Gasteiger partial charge in [0.25, 0.3) is 0 Å². The van der Waals surface area contributed by atoms with Crippen LogP contribution in [0.5, 0.6) is 11.5 Å². The molecule has 0 unspecified atom stereocenters. The monoisotopic (exact) mass is 321 g/mol. The van der Waals surface area contributed by atoms with Crippen molar-refractivity contribution >= 4 is 11.6 Å². The first-order chi connectivity index (χ1) is 11.7. The van der Waals surface area contributed by atoms with Gasteiger partial charge in [0.1, 0.15) is 11.5 Å². The maximum atomic E-state index is 12.6. The van der Waals surface area contributed by atoms with E-state index >= 15 is 0 Å². The van der Waals surface area contributed by atoms with Crippen molar-refractivity contribution in [3.63, 3.8) is 0 Å². The number of ether oxygens (including phenoxy) is 2. The fourth-order valence-corrected chi connectivity index (χ4v) is 3.58. The summed E-state index contributed by atoms with van der Waals surface area (Å²) in [5.41, 5.74) is 4.31. The maximum absolute atomic E-state index is 12.6. The van der Waals surface area contributed by atoms with Crippen molar-refractivity contribution in [2.24, 2.45) is 0 Å². The summed E-state index contributed by atoms with van der Waals surface area (Å²) in [7, 11) is 3.32. The van der Waals surface area contributed by atoms with Crippen molar-refractivity contribution < 1.29 is 14.3 Å². The SMILES string of the molecule is COc1ccc([C@H]2c3ccc(OC)cc3C3=CCCC(=O)N32)cc1. The van der Waals surface area contributed by atoms with E-state index in [1.807, 2.05) is 41.3 Å². The second-order valence-corrected chi connectivity index (χ2v) is 6.02. The van der Waals surface area contributed by atoms with Crippen LogP contribution in [0.2, 0.25) is 0 Å². The molecule has 2 aliphatic rings. The number of amides is 1. The standard InChI is InChI=1S/C20H19NO3/c1-23-14-8-6-13(7-9-14)20-16-11-10-15(24-2)12-17(16)18-4-3-5-19(22)21(18)20/h4,6-12,20H,3,5H2,1-2H3/t20-/m0/s1. The van der Waals surface area contributed by atoms with Crippen molar-refractivity contribution in [1.29, 1.82) is 0 Å². The molecule has 0 aliphatic carbocycles. The van der Waals surface area contributed by atoms with Crippen LogP contribution in [0.15, 0.2) is 48.5 Å². The molecule has 0 saturated heterocycles. The van der Waals surface area contributed by atoms with Crippen LogP contribution in [0.4, 0.5) is 0 Å². The topological polar surface area (TPSA) is 38.8 Å². The fourth-order valence-electron chi connectivity index (χ4n) is 3.58. The second kappa shape index (κ2) is 5.71. The lowest BCUT2D eigenvalue weighted by atomic mass is 9.97. The molecule has 122 valence electrons. The number of allylic oxidation sites excluding steroid dienone is 1. The lowest BCUT2D eigenvalue weighted by Crippen LogP contribution is -2.31. The summed E-state index contributed by atoms with van der Waals surface area (Å²) in [5.74, 6) is 1.79. The maximum Gasteiger partial charge on any atom is 0.228 e. The summed E-state index contributed by atoms with van der Waals surface area (Å²) in [6, 6.07) is 13.9. The third kappa shape index (κ3) is 2.18. The highest BCUT2D eigenvalue weighted by Gasteiger charge is 2.39. The van der Waals surface area contributed by atoms with Crippen LogP contribution in [0, 0.1) is 0 Å². The Bertz CT molecular complexity index is 823. The number of rotatable bonds is 3. The molecule has 4 heteroatoms. The van der Waals surface area contributed by atoms with Crippen LogP contribution in [-0.4, -0.2) is 25.0 Å². The molecule has 0 saturated carbocycles. The highest BCUT2D eigenvalue weighted by molar-refractivity contribution is 5.93. The molecular formula is C20H19NO3. The summed E-state index contributed by atoms with van der Waals surface area (Å²) < 4.78 is 10.6. The molecule has 0 fully saturated rings. The van der Waals surface area contributed by atoms with Crippen LogP contribution >= 0.6 is 0 Å². The molecule has 4 rings (SSSR count). The minimum absolute atomic E-state index is 0.0872. The van der Waals surface area contributed by atoms with Gasteiger partial charge in [-0.3, -0.25) is 4.79 Å². The summed E-state index contributed by atoms with van der Waals surface area (Å²) >= 11 is 0. The molecule has 0 aromatic heterocycles. The number of benzene rings is 2. The molecule has 1 amide bonds. The Labute approximate surface area is 141 Å². The molecular weight excluding hydrogens is 302 g/mol. The zero-order valence-corrected chi connectivity index (χ0v) is 13.8. The number of methoxy groups -OCH3 is 2. The van der Waals surface area contributed by atoms with E-state index in [0.717, 1.165) is 40.3 Å². The van der Waals surface area contributed by atoms with E-state index in [0.29, 0.717) is 6.42 Å². The molecule has 1 atom stereocenters. The highest BCUT2D eigenvalue weighted by atomic mass is 16.5. The number of fused-ring (bicyclic) bond motifs is 3. The summed E-state index contributed by atoms with van der Waals surface area (Å²) in [6.45, 7) is 0. The van der Waals surface area contributed by atoms with Gasteiger partial charge in [-0.1, -0.05) is 24.3 Å². The van der Waals surface area contributed by atoms with E-state index in [-0.39, 0.29) is 11.9 Å². The van der Waals surface area contributed by atoms with Crippen LogP contribution in [0.25, 0.3) is 5.70 Å². The molecule has 0 spiro atoms. The number of carbonyl (C=O) groups excluding carboxylic acids is 1. The van der Waals surface area contributed by atoms with Gasteiger partial charge in [-0.25, -0.2) is 0 Å². The average molecular weight is 321 g/mol. The molecule has 0 bridgehead atoms. The number of nitrogens with zero attached hydrogens (tertiary/aromatic N) is 1. The largest absolute Gasteiger partial charge is 0.497 e. The van der Waals surface area contributed by atoms with Gasteiger partial charge in [0.15, 0.2) is 0 Å². The quantitative estimate of drug-likeness (QED) is 0.864. The van der Waals surface area contributed by atoms with Crippen LogP contribution in [0.3, 0.4) is 0 Å². The molecule has 24 heavy (non-hydrogen) atoms. The molecule has 4 nitrogen and oxygen atoms in total. The first-order valence-electron chi connectivity index (χ1n) is 8.07. The predicted molar refractivity (Wildman–Crippen MR) is 91.9 cm³/mol. The van der Waals surface area contributed by atoms with Gasteiger partial charge < -0.3 is 14.4 Å². The molecule has 2 heterocycles. The zero-order valence-electron chi connectivity index (χ0n) is 13.8. The predicted octanol–water partition coefficient (Wildman–Crippen LogP) is 3.77. The van der Waals surface area contributed by atoms with Gasteiger partial charge in [0.05, 0.1) is 20.3 Å². The average Bonchev–Trinajstić information content (AvgIpc) is 2.97. The van der Waals surface area contributed by atoms with Gasteiger partial charge in [0, 0.05) is 17.7 Å². The van der Waals surface area contributed by atoms with Gasteiger partial charge >= 0.3 is 0 Å². The minimum Gasteiger partial charge on any atom is -0.497 e. The number of carbonyl (C=O) groups is 1. The van der Waals surface area contributed by atoms with E-state index in [9.17, 15) is 4.79 Å². The van der Waals surface area contributed by atoms with Crippen LogP contribution in [0.1, 0.15) is 35.6 Å². The summed E-state index contributed by atoms with van der Waals surface area (Å²) in [6.07, 6.45) is 3.50. The molecule has 2 aromatic rings. The smallest absolute Gasteiger partial charge is 0.228 e. The third-order valence-electron chi connectivity index (χ3n) is 4.74. The van der Waals surface area contributed by atoms with E-state index in [4.69, 9.17) is 9.47 Å². The van der Waals surface area contributed by atoms with Crippen molar-refractivity contribution in [2.75, 3.05) is 14.2 Å². The Balaban J connectivity index is 1.87. The normalized spacial score (nSPS) is 18.8. The van der Waals surface area contributed by atoms with Gasteiger partial charge in [-0.15, -0.1) is 0 Å². The van der Waals surface area contributed by atoms with Crippen molar-refractivity contribution in [3.8, 4) is 11.5 Å². The first kappa shape index (κ1) is 14.8. The van der Waals surface area contributed by atoms with E-state index in [2.05, 4.69) is 12.1 Å². The second-order valence-electron chi connectivity index (χ2n) is 6.02. The van der Waals surface area contributed by atoms with E-state index < -0.39 is 0 Å². The fraction of sp³-hybridized carbons (Fsp3) is 0.250. The molecule has 2 aromatic carbocycles. The number of hydrogen-bond acceptors (Lipinski definition) is 3. The Morgan fingerprint density at radius 1 is 1.00 bits per heavy atom. The first-order valence-corrected chi connectivity index (χ1v) is 8.07. The lowest BCUT2D eigenvalue weighted by Gasteiger charge is -2.29. The highest BCUT2D eigenvalue weighted by Crippen LogP contribution is 2.48. The number of hydrogen-bond donors (Lipinski definition) is 0. The lowest BCUT2D eigenvalue weighted by molar-refractivity contribution is -0.129. The Morgan fingerprint density at radius 3 is 2.42 bits per heavy atom. The van der Waals surface area contributed by atoms with Crippen molar-refractivity contribution in [3.05, 3.63) is 65.2 Å². The summed E-state index contributed by atoms with van der Waals surface area (Å²) in [4.78, 5) is 14.6. The Kier molecular flexibility index (Phi) is 3.53. The van der Waals surface area contributed by atoms with Crippen molar-refractivity contribution in [2.45, 2.75) is 18.9 Å². The van der Waals surface area contributed by atoms with E-state index in [1.54, 1.807) is 14.2 Å². The van der Waals surface area contributed by atoms with Gasteiger partial charge in [0.2, 0.25) is 5.91 Å². The zero-order chi connectivity index (χ0) is 16.7. The van der Waals surface area contributed by atoms with Crippen molar-refractivity contribution in [1.82, 2.24) is 4.90 Å². The van der Waals surface area contributed by atoms with E-state index in [1.165, 1.54) is 0 Å². The van der Waals surface area contributed by atoms with Gasteiger partial charge in [-0.05, 0) is 41.8 Å². The minimum atomic E-state index is -0.0872. The third-order valence-corrected chi connectivity index (χ3v) is 4.74. The van der Waals surface area contributed by atoms with Crippen LogP contribution in [-0.2, 0) is 4.79 Å².